The van der Waals surface area contributed by atoms with E-state index in [1.165, 1.54) is 12.1 Å². The van der Waals surface area contributed by atoms with Crippen molar-refractivity contribution < 1.29 is 9.18 Å². The molecule has 0 saturated heterocycles. The predicted molar refractivity (Wildman–Crippen MR) is 80.6 cm³/mol. The van der Waals surface area contributed by atoms with E-state index in [-0.39, 0.29) is 12.4 Å². The maximum Gasteiger partial charge on any atom is 0.231 e. The van der Waals surface area contributed by atoms with Crippen LogP contribution in [0, 0.1) is 5.82 Å². The summed E-state index contributed by atoms with van der Waals surface area (Å²) in [6.45, 7) is 1.10. The number of primary amides is 1. The van der Waals surface area contributed by atoms with Gasteiger partial charge in [-0.3, -0.25) is 9.69 Å². The highest BCUT2D eigenvalue weighted by Crippen LogP contribution is 2.12. The third-order valence-corrected chi connectivity index (χ3v) is 3.06. The second kappa shape index (κ2) is 6.85. The van der Waals surface area contributed by atoms with Crippen LogP contribution in [-0.4, -0.2) is 17.4 Å². The van der Waals surface area contributed by atoms with Crippen molar-refractivity contribution in [2.75, 3.05) is 12.3 Å². The SMILES string of the molecule is NC(=O)CN(Cc1ccc(N)cc1)Cc1cccc(F)c1. The van der Waals surface area contributed by atoms with Gasteiger partial charge in [0.25, 0.3) is 0 Å². The standard InChI is InChI=1S/C16H18FN3O/c17-14-3-1-2-13(8-14)10-20(11-16(19)21)9-12-4-6-15(18)7-5-12/h1-8H,9-11,18H2,(H2,19,21). The molecule has 110 valence electrons. The first-order chi connectivity index (χ1) is 10.0. The minimum Gasteiger partial charge on any atom is -0.399 e. The molecular weight excluding hydrogens is 269 g/mol. The molecule has 0 aromatic heterocycles. The van der Waals surface area contributed by atoms with E-state index in [1.54, 1.807) is 18.2 Å². The summed E-state index contributed by atoms with van der Waals surface area (Å²) in [6.07, 6.45) is 0. The summed E-state index contributed by atoms with van der Waals surface area (Å²) in [5, 5.41) is 0. The van der Waals surface area contributed by atoms with Gasteiger partial charge in [0.05, 0.1) is 6.54 Å². The molecule has 0 aliphatic heterocycles. The first-order valence-electron chi connectivity index (χ1n) is 6.62. The average Bonchev–Trinajstić information content (AvgIpc) is 2.40. The molecular formula is C16H18FN3O. The first kappa shape index (κ1) is 15.0. The van der Waals surface area contributed by atoms with Gasteiger partial charge in [-0.2, -0.15) is 0 Å². The summed E-state index contributed by atoms with van der Waals surface area (Å²) in [6, 6.07) is 13.7. The molecule has 0 aliphatic rings. The van der Waals surface area contributed by atoms with E-state index in [4.69, 9.17) is 11.5 Å². The van der Waals surface area contributed by atoms with Crippen molar-refractivity contribution in [3.8, 4) is 0 Å². The average molecular weight is 287 g/mol. The van der Waals surface area contributed by atoms with Crippen LogP contribution in [0.15, 0.2) is 48.5 Å². The molecule has 21 heavy (non-hydrogen) atoms. The lowest BCUT2D eigenvalue weighted by Crippen LogP contribution is -2.33. The number of amides is 1. The molecule has 0 heterocycles. The topological polar surface area (TPSA) is 72.4 Å². The Labute approximate surface area is 123 Å². The number of carbonyl (C=O) groups excluding carboxylic acids is 1. The number of hydrogen-bond donors (Lipinski definition) is 2. The van der Waals surface area contributed by atoms with Crippen molar-refractivity contribution >= 4 is 11.6 Å². The summed E-state index contributed by atoms with van der Waals surface area (Å²) in [5.74, 6) is -0.708. The van der Waals surface area contributed by atoms with Crippen LogP contribution in [0.5, 0.6) is 0 Å². The summed E-state index contributed by atoms with van der Waals surface area (Å²) in [5.41, 5.74) is 13.4. The molecule has 2 rings (SSSR count). The summed E-state index contributed by atoms with van der Waals surface area (Å²) >= 11 is 0. The maximum atomic E-state index is 13.2. The molecule has 0 aliphatic carbocycles. The van der Waals surface area contributed by atoms with Crippen LogP contribution in [0.1, 0.15) is 11.1 Å². The fraction of sp³-hybridized carbons (Fsp3) is 0.188. The number of carbonyl (C=O) groups is 1. The second-order valence-electron chi connectivity index (χ2n) is 4.98. The zero-order valence-electron chi connectivity index (χ0n) is 11.6. The van der Waals surface area contributed by atoms with E-state index in [9.17, 15) is 9.18 Å². The van der Waals surface area contributed by atoms with Crippen molar-refractivity contribution in [1.29, 1.82) is 0 Å². The van der Waals surface area contributed by atoms with Crippen LogP contribution in [-0.2, 0) is 17.9 Å². The highest BCUT2D eigenvalue weighted by atomic mass is 19.1. The van der Waals surface area contributed by atoms with Crippen molar-refractivity contribution in [3.05, 3.63) is 65.5 Å². The molecule has 0 spiro atoms. The Kier molecular flexibility index (Phi) is 4.90. The van der Waals surface area contributed by atoms with Crippen LogP contribution < -0.4 is 11.5 Å². The van der Waals surface area contributed by atoms with E-state index in [0.29, 0.717) is 18.8 Å². The van der Waals surface area contributed by atoms with Gasteiger partial charge in [0.1, 0.15) is 5.82 Å². The first-order valence-corrected chi connectivity index (χ1v) is 6.62. The van der Waals surface area contributed by atoms with E-state index < -0.39 is 5.91 Å². The lowest BCUT2D eigenvalue weighted by Gasteiger charge is -2.21. The van der Waals surface area contributed by atoms with Gasteiger partial charge in [0.15, 0.2) is 0 Å². The number of nitrogens with zero attached hydrogens (tertiary/aromatic N) is 1. The molecule has 0 unspecified atom stereocenters. The highest BCUT2D eigenvalue weighted by molar-refractivity contribution is 5.75. The van der Waals surface area contributed by atoms with E-state index in [1.807, 2.05) is 23.1 Å². The van der Waals surface area contributed by atoms with Gasteiger partial charge in [0.2, 0.25) is 5.91 Å². The fourth-order valence-corrected chi connectivity index (χ4v) is 2.16. The molecule has 0 saturated carbocycles. The normalized spacial score (nSPS) is 10.8. The summed E-state index contributed by atoms with van der Waals surface area (Å²) in [7, 11) is 0. The zero-order chi connectivity index (χ0) is 15.2. The molecule has 0 fully saturated rings. The number of nitrogen functional groups attached to an aromatic ring is 1. The van der Waals surface area contributed by atoms with Gasteiger partial charge in [-0.15, -0.1) is 0 Å². The fourth-order valence-electron chi connectivity index (χ4n) is 2.16. The Bertz CT molecular complexity index is 613. The van der Waals surface area contributed by atoms with Gasteiger partial charge < -0.3 is 11.5 Å². The van der Waals surface area contributed by atoms with Crippen LogP contribution in [0.2, 0.25) is 0 Å². The smallest absolute Gasteiger partial charge is 0.231 e. The van der Waals surface area contributed by atoms with Crippen molar-refractivity contribution in [2.24, 2.45) is 5.73 Å². The molecule has 4 nitrogen and oxygen atoms in total. The quantitative estimate of drug-likeness (QED) is 0.797. The van der Waals surface area contributed by atoms with Gasteiger partial charge >= 0.3 is 0 Å². The van der Waals surface area contributed by atoms with Crippen LogP contribution >= 0.6 is 0 Å². The molecule has 2 aromatic rings. The summed E-state index contributed by atoms with van der Waals surface area (Å²) in [4.78, 5) is 13.1. The van der Waals surface area contributed by atoms with Crippen LogP contribution in [0.4, 0.5) is 10.1 Å². The zero-order valence-corrected chi connectivity index (χ0v) is 11.6. The number of rotatable bonds is 6. The number of nitrogens with two attached hydrogens (primary N) is 2. The number of hydrogen-bond acceptors (Lipinski definition) is 3. The maximum absolute atomic E-state index is 13.2. The van der Waals surface area contributed by atoms with Gasteiger partial charge in [-0.05, 0) is 35.4 Å². The number of halogens is 1. The Morgan fingerprint density at radius 2 is 1.71 bits per heavy atom. The molecule has 2 aromatic carbocycles. The lowest BCUT2D eigenvalue weighted by atomic mass is 10.1. The van der Waals surface area contributed by atoms with E-state index in [0.717, 1.165) is 11.1 Å². The van der Waals surface area contributed by atoms with Gasteiger partial charge in [0, 0.05) is 18.8 Å². The van der Waals surface area contributed by atoms with E-state index in [2.05, 4.69) is 0 Å². The third-order valence-electron chi connectivity index (χ3n) is 3.06. The monoisotopic (exact) mass is 287 g/mol. The minimum absolute atomic E-state index is 0.112. The largest absolute Gasteiger partial charge is 0.399 e. The summed E-state index contributed by atoms with van der Waals surface area (Å²) < 4.78 is 13.2. The van der Waals surface area contributed by atoms with Crippen molar-refractivity contribution in [1.82, 2.24) is 4.90 Å². The molecule has 4 N–H and O–H groups in total. The van der Waals surface area contributed by atoms with Gasteiger partial charge in [-0.1, -0.05) is 24.3 Å². The Balaban J connectivity index is 2.10. The highest BCUT2D eigenvalue weighted by Gasteiger charge is 2.10. The Hall–Kier alpha value is -2.40. The Morgan fingerprint density at radius 3 is 2.33 bits per heavy atom. The van der Waals surface area contributed by atoms with Crippen LogP contribution in [0.25, 0.3) is 0 Å². The second-order valence-corrected chi connectivity index (χ2v) is 4.98. The predicted octanol–water partition coefficient (Wildman–Crippen LogP) is 1.90. The number of anilines is 1. The molecule has 0 radical (unpaired) electrons. The minimum atomic E-state index is -0.415. The Morgan fingerprint density at radius 1 is 1.05 bits per heavy atom. The van der Waals surface area contributed by atoms with Crippen molar-refractivity contribution in [3.63, 3.8) is 0 Å². The third kappa shape index (κ3) is 4.89. The molecule has 1 amide bonds. The number of benzene rings is 2. The van der Waals surface area contributed by atoms with E-state index >= 15 is 0 Å². The van der Waals surface area contributed by atoms with Crippen molar-refractivity contribution in [2.45, 2.75) is 13.1 Å². The molecule has 0 bridgehead atoms. The lowest BCUT2D eigenvalue weighted by molar-refractivity contribution is -0.119. The molecule has 0 atom stereocenters. The molecule has 5 heteroatoms. The van der Waals surface area contributed by atoms with Crippen LogP contribution in [0.3, 0.4) is 0 Å². The van der Waals surface area contributed by atoms with Gasteiger partial charge in [-0.25, -0.2) is 4.39 Å².